The van der Waals surface area contributed by atoms with Crippen molar-refractivity contribution in [2.24, 2.45) is 5.73 Å². The molecular weight excluding hydrogens is 204 g/mol. The standard InChI is InChI=1S/C12H16N2O2/c1-16-11-4-2-3-9-5-6-14(7-10(9)11)8-12(13)15/h2-4H,5-8H2,1H3,(H2,13,15). The Morgan fingerprint density at radius 2 is 2.38 bits per heavy atom. The number of nitrogens with zero attached hydrogens (tertiary/aromatic N) is 1. The largest absolute Gasteiger partial charge is 0.496 e. The number of hydrogen-bond acceptors (Lipinski definition) is 3. The van der Waals surface area contributed by atoms with E-state index in [2.05, 4.69) is 6.07 Å². The fourth-order valence-electron chi connectivity index (χ4n) is 2.15. The highest BCUT2D eigenvalue weighted by atomic mass is 16.5. The maximum absolute atomic E-state index is 10.9. The van der Waals surface area contributed by atoms with E-state index in [1.54, 1.807) is 7.11 Å². The molecule has 0 unspecified atom stereocenters. The van der Waals surface area contributed by atoms with Crippen molar-refractivity contribution in [3.8, 4) is 5.75 Å². The molecule has 16 heavy (non-hydrogen) atoms. The molecule has 0 saturated carbocycles. The normalized spacial score (nSPS) is 15.6. The minimum Gasteiger partial charge on any atom is -0.496 e. The molecule has 0 radical (unpaired) electrons. The number of rotatable bonds is 3. The van der Waals surface area contributed by atoms with Crippen molar-refractivity contribution in [3.05, 3.63) is 29.3 Å². The first-order valence-electron chi connectivity index (χ1n) is 5.36. The summed E-state index contributed by atoms with van der Waals surface area (Å²) in [7, 11) is 1.67. The molecule has 0 fully saturated rings. The van der Waals surface area contributed by atoms with Crippen LogP contribution in [0.4, 0.5) is 0 Å². The van der Waals surface area contributed by atoms with Gasteiger partial charge in [0.25, 0.3) is 0 Å². The first kappa shape index (κ1) is 11.0. The van der Waals surface area contributed by atoms with Gasteiger partial charge in [0.15, 0.2) is 0 Å². The van der Waals surface area contributed by atoms with Gasteiger partial charge in [-0.25, -0.2) is 0 Å². The zero-order chi connectivity index (χ0) is 11.5. The number of carbonyl (C=O) groups excluding carboxylic acids is 1. The van der Waals surface area contributed by atoms with Crippen LogP contribution in [-0.2, 0) is 17.8 Å². The summed E-state index contributed by atoms with van der Waals surface area (Å²) < 4.78 is 5.32. The number of fused-ring (bicyclic) bond motifs is 1. The fraction of sp³-hybridized carbons (Fsp3) is 0.417. The number of nitrogens with two attached hydrogens (primary N) is 1. The van der Waals surface area contributed by atoms with E-state index in [1.807, 2.05) is 17.0 Å². The average molecular weight is 220 g/mol. The highest BCUT2D eigenvalue weighted by Crippen LogP contribution is 2.27. The second-order valence-corrected chi connectivity index (χ2v) is 4.02. The van der Waals surface area contributed by atoms with E-state index in [1.165, 1.54) is 11.1 Å². The van der Waals surface area contributed by atoms with E-state index in [-0.39, 0.29) is 5.91 Å². The Bertz CT molecular complexity index is 390. The van der Waals surface area contributed by atoms with Gasteiger partial charge in [0, 0.05) is 18.7 Å². The number of ether oxygens (including phenoxy) is 1. The molecule has 4 heteroatoms. The van der Waals surface area contributed by atoms with Gasteiger partial charge >= 0.3 is 0 Å². The van der Waals surface area contributed by atoms with Gasteiger partial charge in [-0.15, -0.1) is 0 Å². The lowest BCUT2D eigenvalue weighted by molar-refractivity contribution is -0.119. The van der Waals surface area contributed by atoms with Crippen LogP contribution in [0.25, 0.3) is 0 Å². The number of primary amides is 1. The summed E-state index contributed by atoms with van der Waals surface area (Å²) in [5, 5.41) is 0. The first-order chi connectivity index (χ1) is 7.70. The maximum atomic E-state index is 10.9. The molecule has 0 aliphatic carbocycles. The third kappa shape index (κ3) is 2.17. The zero-order valence-electron chi connectivity index (χ0n) is 9.40. The van der Waals surface area contributed by atoms with Gasteiger partial charge < -0.3 is 10.5 Å². The van der Waals surface area contributed by atoms with Gasteiger partial charge in [-0.2, -0.15) is 0 Å². The molecule has 0 atom stereocenters. The predicted molar refractivity (Wildman–Crippen MR) is 61.2 cm³/mol. The third-order valence-corrected chi connectivity index (χ3v) is 2.91. The molecule has 1 aliphatic rings. The van der Waals surface area contributed by atoms with Crippen molar-refractivity contribution in [1.82, 2.24) is 4.90 Å². The molecule has 0 aromatic heterocycles. The van der Waals surface area contributed by atoms with Crippen molar-refractivity contribution in [3.63, 3.8) is 0 Å². The molecule has 86 valence electrons. The second kappa shape index (κ2) is 4.53. The molecule has 0 saturated heterocycles. The summed E-state index contributed by atoms with van der Waals surface area (Å²) in [5.74, 6) is 0.616. The van der Waals surface area contributed by atoms with Crippen molar-refractivity contribution >= 4 is 5.91 Å². The number of carbonyl (C=O) groups is 1. The van der Waals surface area contributed by atoms with Crippen LogP contribution < -0.4 is 10.5 Å². The summed E-state index contributed by atoms with van der Waals surface area (Å²) in [6.07, 6.45) is 0.944. The van der Waals surface area contributed by atoms with Gasteiger partial charge in [-0.05, 0) is 18.1 Å². The Hall–Kier alpha value is -1.55. The number of amides is 1. The van der Waals surface area contributed by atoms with Crippen molar-refractivity contribution < 1.29 is 9.53 Å². The Labute approximate surface area is 95.0 Å². The van der Waals surface area contributed by atoms with E-state index in [4.69, 9.17) is 10.5 Å². The molecule has 1 amide bonds. The molecule has 1 aromatic carbocycles. The highest BCUT2D eigenvalue weighted by molar-refractivity contribution is 5.76. The smallest absolute Gasteiger partial charge is 0.231 e. The summed E-state index contributed by atoms with van der Waals surface area (Å²) >= 11 is 0. The fourth-order valence-corrected chi connectivity index (χ4v) is 2.15. The van der Waals surface area contributed by atoms with E-state index < -0.39 is 0 Å². The third-order valence-electron chi connectivity index (χ3n) is 2.91. The lowest BCUT2D eigenvalue weighted by Crippen LogP contribution is -2.37. The monoisotopic (exact) mass is 220 g/mol. The highest BCUT2D eigenvalue weighted by Gasteiger charge is 2.20. The second-order valence-electron chi connectivity index (χ2n) is 4.02. The molecule has 1 aromatic rings. The van der Waals surface area contributed by atoms with Crippen LogP contribution in [0.15, 0.2) is 18.2 Å². The first-order valence-corrected chi connectivity index (χ1v) is 5.36. The lowest BCUT2D eigenvalue weighted by Gasteiger charge is -2.28. The molecule has 1 heterocycles. The predicted octanol–water partition coefficient (Wildman–Crippen LogP) is 0.539. The Kier molecular flexibility index (Phi) is 3.10. The maximum Gasteiger partial charge on any atom is 0.231 e. The summed E-state index contributed by atoms with van der Waals surface area (Å²) in [4.78, 5) is 12.9. The molecule has 0 bridgehead atoms. The van der Waals surface area contributed by atoms with Gasteiger partial charge in [0.1, 0.15) is 5.75 Å². The number of hydrogen-bond donors (Lipinski definition) is 1. The molecule has 2 rings (SSSR count). The van der Waals surface area contributed by atoms with Crippen molar-refractivity contribution in [2.45, 2.75) is 13.0 Å². The Morgan fingerprint density at radius 1 is 1.56 bits per heavy atom. The van der Waals surface area contributed by atoms with Gasteiger partial charge in [0.05, 0.1) is 13.7 Å². The minimum absolute atomic E-state index is 0.279. The van der Waals surface area contributed by atoms with Crippen LogP contribution in [0.5, 0.6) is 5.75 Å². The topological polar surface area (TPSA) is 55.6 Å². The lowest BCUT2D eigenvalue weighted by atomic mass is 9.99. The summed E-state index contributed by atoms with van der Waals surface area (Å²) in [5.41, 5.74) is 7.69. The van der Waals surface area contributed by atoms with E-state index >= 15 is 0 Å². The molecule has 1 aliphatic heterocycles. The molecule has 0 spiro atoms. The van der Waals surface area contributed by atoms with Crippen LogP contribution in [0.3, 0.4) is 0 Å². The molecule has 4 nitrogen and oxygen atoms in total. The van der Waals surface area contributed by atoms with Crippen LogP contribution in [0, 0.1) is 0 Å². The van der Waals surface area contributed by atoms with E-state index in [9.17, 15) is 4.79 Å². The van der Waals surface area contributed by atoms with Crippen LogP contribution in [0.1, 0.15) is 11.1 Å². The van der Waals surface area contributed by atoms with E-state index in [0.29, 0.717) is 6.54 Å². The van der Waals surface area contributed by atoms with Gasteiger partial charge in [0.2, 0.25) is 5.91 Å². The van der Waals surface area contributed by atoms with Gasteiger partial charge in [-0.3, -0.25) is 9.69 Å². The van der Waals surface area contributed by atoms with Crippen molar-refractivity contribution in [2.75, 3.05) is 20.2 Å². The quantitative estimate of drug-likeness (QED) is 0.808. The number of benzene rings is 1. The van der Waals surface area contributed by atoms with E-state index in [0.717, 1.165) is 25.3 Å². The van der Waals surface area contributed by atoms with Crippen LogP contribution >= 0.6 is 0 Å². The number of methoxy groups -OCH3 is 1. The SMILES string of the molecule is COc1cccc2c1CN(CC(N)=O)CC2. The Morgan fingerprint density at radius 3 is 3.06 bits per heavy atom. The van der Waals surface area contributed by atoms with Crippen LogP contribution in [0.2, 0.25) is 0 Å². The summed E-state index contributed by atoms with van der Waals surface area (Å²) in [6, 6.07) is 6.06. The summed E-state index contributed by atoms with van der Waals surface area (Å²) in [6.45, 7) is 1.93. The molecular formula is C12H16N2O2. The van der Waals surface area contributed by atoms with Crippen LogP contribution in [-0.4, -0.2) is 31.0 Å². The Balaban J connectivity index is 2.21. The average Bonchev–Trinajstić information content (AvgIpc) is 2.27. The minimum atomic E-state index is -0.279. The zero-order valence-corrected chi connectivity index (χ0v) is 9.40. The van der Waals surface area contributed by atoms with Gasteiger partial charge in [-0.1, -0.05) is 12.1 Å². The molecule has 2 N–H and O–H groups in total. The van der Waals surface area contributed by atoms with Crippen molar-refractivity contribution in [1.29, 1.82) is 0 Å².